The molecule has 7 heteroatoms. The molecule has 0 saturated heterocycles. The second-order valence-corrected chi connectivity index (χ2v) is 7.22. The molecule has 1 unspecified atom stereocenters. The van der Waals surface area contributed by atoms with Gasteiger partial charge in [-0.25, -0.2) is 9.97 Å². The van der Waals surface area contributed by atoms with Gasteiger partial charge in [0.1, 0.15) is 11.3 Å². The van der Waals surface area contributed by atoms with Crippen molar-refractivity contribution in [2.75, 3.05) is 12.3 Å². The molecule has 0 spiro atoms. The Morgan fingerprint density at radius 3 is 2.73 bits per heavy atom. The van der Waals surface area contributed by atoms with Crippen LogP contribution in [0, 0.1) is 0 Å². The number of anilines is 1. The topological polar surface area (TPSA) is 95.1 Å². The van der Waals surface area contributed by atoms with Gasteiger partial charge in [-0.2, -0.15) is 0 Å². The van der Waals surface area contributed by atoms with Gasteiger partial charge in [0.05, 0.1) is 17.4 Å². The van der Waals surface area contributed by atoms with Gasteiger partial charge in [-0.15, -0.1) is 0 Å². The molecule has 0 aliphatic carbocycles. The number of nitrogens with two attached hydrogens (primary N) is 1. The smallest absolute Gasteiger partial charge is 0.260 e. The number of ether oxygens (including phenoxy) is 1. The second-order valence-electron chi connectivity index (χ2n) is 7.22. The van der Waals surface area contributed by atoms with E-state index in [0.29, 0.717) is 18.1 Å². The molecule has 2 aromatic heterocycles. The number of nitrogen functional groups attached to an aromatic ring is 1. The number of aromatic nitrogens is 3. The fourth-order valence-corrected chi connectivity index (χ4v) is 3.49. The molecule has 0 saturated carbocycles. The maximum atomic E-state index is 12.2. The zero-order chi connectivity index (χ0) is 20.9. The van der Waals surface area contributed by atoms with E-state index >= 15 is 0 Å². The summed E-state index contributed by atoms with van der Waals surface area (Å²) in [6.07, 6.45) is 3.02. The lowest BCUT2D eigenvalue weighted by atomic mass is 10.2. The lowest BCUT2D eigenvalue weighted by Gasteiger charge is -2.14. The number of nitrogens with one attached hydrogen (secondary N) is 1. The van der Waals surface area contributed by atoms with E-state index in [1.807, 2.05) is 60.9 Å². The lowest BCUT2D eigenvalue weighted by molar-refractivity contribution is -0.127. The van der Waals surface area contributed by atoms with Gasteiger partial charge in [-0.3, -0.25) is 4.79 Å². The summed E-state index contributed by atoms with van der Waals surface area (Å²) in [7, 11) is 0. The molecule has 2 aromatic carbocycles. The number of amides is 1. The maximum absolute atomic E-state index is 12.2. The highest BCUT2D eigenvalue weighted by atomic mass is 16.5. The van der Waals surface area contributed by atoms with Crippen LogP contribution in [0.2, 0.25) is 0 Å². The number of nitrogens with zero attached hydrogens (tertiary/aromatic N) is 3. The monoisotopic (exact) mass is 403 g/mol. The molecule has 154 valence electrons. The number of aryl methyl sites for hydroxylation is 1. The molecule has 0 bridgehead atoms. The Hall–Kier alpha value is -3.61. The van der Waals surface area contributed by atoms with Gasteiger partial charge >= 0.3 is 0 Å². The summed E-state index contributed by atoms with van der Waals surface area (Å²) in [5.74, 6) is 1.02. The molecule has 7 nitrogen and oxygen atoms in total. The van der Waals surface area contributed by atoms with Gasteiger partial charge in [0.2, 0.25) is 0 Å². The van der Waals surface area contributed by atoms with E-state index < -0.39 is 6.10 Å². The van der Waals surface area contributed by atoms with E-state index in [2.05, 4.69) is 19.9 Å². The van der Waals surface area contributed by atoms with Crippen molar-refractivity contribution in [3.8, 4) is 5.75 Å². The van der Waals surface area contributed by atoms with Crippen LogP contribution in [0.3, 0.4) is 0 Å². The van der Waals surface area contributed by atoms with Crippen molar-refractivity contribution in [2.24, 2.45) is 0 Å². The molecule has 30 heavy (non-hydrogen) atoms. The van der Waals surface area contributed by atoms with Gasteiger partial charge in [0.15, 0.2) is 11.9 Å². The second kappa shape index (κ2) is 8.82. The van der Waals surface area contributed by atoms with Gasteiger partial charge in [0.25, 0.3) is 5.91 Å². The Bertz CT molecular complexity index is 1160. The molecule has 3 N–H and O–H groups in total. The van der Waals surface area contributed by atoms with Crippen LogP contribution >= 0.6 is 0 Å². The largest absolute Gasteiger partial charge is 0.481 e. The molecule has 0 radical (unpaired) electrons. The predicted octanol–water partition coefficient (Wildman–Crippen LogP) is 3.53. The highest BCUT2D eigenvalue weighted by Crippen LogP contribution is 2.27. The van der Waals surface area contributed by atoms with Crippen molar-refractivity contribution in [3.05, 3.63) is 60.9 Å². The number of unbranched alkanes of at least 4 members (excludes halogenated alkanes) is 1. The third-order valence-corrected chi connectivity index (χ3v) is 5.03. The average molecular weight is 403 g/mol. The third kappa shape index (κ3) is 4.20. The standard InChI is InChI=1S/C23H25N5O2/c1-16(30-17-9-3-2-4-10-17)23(29)25-13-7-8-14-28-15-26-20-21(28)18-11-5-6-12-19(18)27-22(20)24/h2-6,9-12,15-16H,7-8,13-14H2,1H3,(H2,24,27)(H,25,29). The number of benzene rings is 2. The zero-order valence-corrected chi connectivity index (χ0v) is 16.9. The Kier molecular flexibility index (Phi) is 5.79. The van der Waals surface area contributed by atoms with Crippen molar-refractivity contribution >= 4 is 33.7 Å². The van der Waals surface area contributed by atoms with Crippen LogP contribution in [0.1, 0.15) is 19.8 Å². The molecule has 0 fully saturated rings. The van der Waals surface area contributed by atoms with Crippen molar-refractivity contribution in [2.45, 2.75) is 32.4 Å². The first-order valence-corrected chi connectivity index (χ1v) is 10.1. The minimum atomic E-state index is -0.535. The summed E-state index contributed by atoms with van der Waals surface area (Å²) >= 11 is 0. The first-order valence-electron chi connectivity index (χ1n) is 10.1. The first-order chi connectivity index (χ1) is 14.6. The van der Waals surface area contributed by atoms with Crippen LogP contribution < -0.4 is 15.8 Å². The summed E-state index contributed by atoms with van der Waals surface area (Å²) in [6, 6.07) is 17.3. The lowest BCUT2D eigenvalue weighted by Crippen LogP contribution is -2.36. The minimum absolute atomic E-state index is 0.114. The number of carbonyl (C=O) groups is 1. The van der Waals surface area contributed by atoms with Gasteiger partial charge in [0, 0.05) is 18.5 Å². The molecule has 4 aromatic rings. The summed E-state index contributed by atoms with van der Waals surface area (Å²) in [5, 5.41) is 3.98. The van der Waals surface area contributed by atoms with Crippen molar-refractivity contribution in [1.82, 2.24) is 19.9 Å². The zero-order valence-electron chi connectivity index (χ0n) is 16.9. The SMILES string of the molecule is CC(Oc1ccccc1)C(=O)NCCCCn1cnc2c(N)nc3ccccc3c21. The van der Waals surface area contributed by atoms with E-state index in [0.717, 1.165) is 41.3 Å². The number of imidazole rings is 1. The van der Waals surface area contributed by atoms with Crippen LogP contribution in [0.15, 0.2) is 60.9 Å². The number of hydrogen-bond acceptors (Lipinski definition) is 5. The van der Waals surface area contributed by atoms with Gasteiger partial charge in [-0.05, 0) is 38.0 Å². The molecular weight excluding hydrogens is 378 g/mol. The van der Waals surface area contributed by atoms with Crippen molar-refractivity contribution < 1.29 is 9.53 Å². The highest BCUT2D eigenvalue weighted by molar-refractivity contribution is 6.06. The minimum Gasteiger partial charge on any atom is -0.481 e. The molecule has 1 atom stereocenters. The van der Waals surface area contributed by atoms with Crippen molar-refractivity contribution in [3.63, 3.8) is 0 Å². The Labute approximate surface area is 174 Å². The highest BCUT2D eigenvalue weighted by Gasteiger charge is 2.14. The van der Waals surface area contributed by atoms with E-state index in [9.17, 15) is 4.79 Å². The predicted molar refractivity (Wildman–Crippen MR) is 118 cm³/mol. The first kappa shape index (κ1) is 19.7. The number of carbonyl (C=O) groups excluding carboxylic acids is 1. The summed E-state index contributed by atoms with van der Waals surface area (Å²) in [5.41, 5.74) is 8.68. The number of rotatable bonds is 8. The van der Waals surface area contributed by atoms with Crippen LogP contribution in [-0.4, -0.2) is 33.1 Å². The van der Waals surface area contributed by atoms with E-state index in [1.54, 1.807) is 6.92 Å². The van der Waals surface area contributed by atoms with Gasteiger partial charge in [-0.1, -0.05) is 36.4 Å². The van der Waals surface area contributed by atoms with E-state index in [4.69, 9.17) is 10.5 Å². The average Bonchev–Trinajstić information content (AvgIpc) is 3.19. The van der Waals surface area contributed by atoms with Crippen molar-refractivity contribution in [1.29, 1.82) is 0 Å². The van der Waals surface area contributed by atoms with Crippen LogP contribution in [0.5, 0.6) is 5.75 Å². The summed E-state index contributed by atoms with van der Waals surface area (Å²) in [6.45, 7) is 3.14. The summed E-state index contributed by atoms with van der Waals surface area (Å²) in [4.78, 5) is 21.1. The molecule has 2 heterocycles. The molecule has 0 aliphatic rings. The number of hydrogen-bond donors (Lipinski definition) is 2. The molecule has 4 rings (SSSR count). The number of para-hydroxylation sites is 2. The van der Waals surface area contributed by atoms with Crippen LogP contribution in [0.25, 0.3) is 21.9 Å². The number of pyridine rings is 1. The van der Waals surface area contributed by atoms with E-state index in [1.165, 1.54) is 0 Å². The Morgan fingerprint density at radius 1 is 1.13 bits per heavy atom. The maximum Gasteiger partial charge on any atom is 0.260 e. The number of fused-ring (bicyclic) bond motifs is 3. The fraction of sp³-hybridized carbons (Fsp3) is 0.261. The molecule has 1 amide bonds. The summed E-state index contributed by atoms with van der Waals surface area (Å²) < 4.78 is 7.76. The van der Waals surface area contributed by atoms with Crippen LogP contribution in [0.4, 0.5) is 5.82 Å². The molecular formula is C23H25N5O2. The fourth-order valence-electron chi connectivity index (χ4n) is 3.49. The Balaban J connectivity index is 1.31. The third-order valence-electron chi connectivity index (χ3n) is 5.03. The van der Waals surface area contributed by atoms with Gasteiger partial charge < -0.3 is 20.4 Å². The van der Waals surface area contributed by atoms with Crippen LogP contribution in [-0.2, 0) is 11.3 Å². The normalized spacial score (nSPS) is 12.2. The Morgan fingerprint density at radius 2 is 1.90 bits per heavy atom. The quantitative estimate of drug-likeness (QED) is 0.439. The molecule has 0 aliphatic heterocycles. The van der Waals surface area contributed by atoms with E-state index in [-0.39, 0.29) is 5.91 Å².